The average molecular weight is 677 g/mol. The van der Waals surface area contributed by atoms with Gasteiger partial charge in [-0.25, -0.2) is 0 Å². The van der Waals surface area contributed by atoms with Crippen molar-refractivity contribution in [2.45, 2.75) is 26.4 Å². The Bertz CT molecular complexity index is 2250. The van der Waals surface area contributed by atoms with Crippen LogP contribution in [0.25, 0.3) is 22.3 Å². The lowest BCUT2D eigenvalue weighted by molar-refractivity contribution is 0.256. The Balaban J connectivity index is 1.31. The summed E-state index contributed by atoms with van der Waals surface area (Å²) in [5.74, 6) is 2.14. The summed E-state index contributed by atoms with van der Waals surface area (Å²) in [6.45, 7) is 1.14. The van der Waals surface area contributed by atoms with Gasteiger partial charge in [0.25, 0.3) is 0 Å². The second-order valence-corrected chi connectivity index (χ2v) is 11.8. The smallest absolute Gasteiger partial charge is 0.239 e. The largest absolute Gasteiger partial charge is 0.496 e. The zero-order valence-electron chi connectivity index (χ0n) is 28.1. The molecule has 6 aromatic carbocycles. The van der Waals surface area contributed by atoms with Crippen LogP contribution in [0.5, 0.6) is 28.7 Å². The lowest BCUT2D eigenvalue weighted by atomic mass is 10.1. The van der Waals surface area contributed by atoms with Gasteiger partial charge >= 0.3 is 0 Å². The van der Waals surface area contributed by atoms with Crippen molar-refractivity contribution in [2.75, 3.05) is 7.11 Å². The highest BCUT2D eigenvalue weighted by Gasteiger charge is 2.23. The Morgan fingerprint density at radius 1 is 0.490 bits per heavy atom. The van der Waals surface area contributed by atoms with Crippen molar-refractivity contribution < 1.29 is 28.1 Å². The van der Waals surface area contributed by atoms with E-state index in [1.807, 2.05) is 140 Å². The predicted octanol–water partition coefficient (Wildman–Crippen LogP) is 9.78. The third-order valence-electron chi connectivity index (χ3n) is 8.27. The second-order valence-electron chi connectivity index (χ2n) is 11.8. The van der Waals surface area contributed by atoms with Crippen molar-refractivity contribution in [1.82, 2.24) is 0 Å². The minimum atomic E-state index is -0.371. The van der Waals surface area contributed by atoms with Crippen molar-refractivity contribution in [1.29, 1.82) is 0 Å². The summed E-state index contributed by atoms with van der Waals surface area (Å²) in [6.07, 6.45) is 0. The molecule has 0 saturated heterocycles. The predicted molar refractivity (Wildman–Crippen MR) is 198 cm³/mol. The molecule has 0 radical (unpaired) electrons. The van der Waals surface area contributed by atoms with Gasteiger partial charge in [-0.1, -0.05) is 121 Å². The van der Waals surface area contributed by atoms with Gasteiger partial charge in [-0.3, -0.25) is 4.79 Å². The molecule has 0 unspecified atom stereocenters. The van der Waals surface area contributed by atoms with Gasteiger partial charge in [-0.15, -0.1) is 0 Å². The van der Waals surface area contributed by atoms with Crippen LogP contribution in [0, 0.1) is 0 Å². The van der Waals surface area contributed by atoms with Crippen LogP contribution >= 0.6 is 0 Å². The molecule has 1 aromatic heterocycles. The van der Waals surface area contributed by atoms with E-state index in [9.17, 15) is 4.79 Å². The Morgan fingerprint density at radius 2 is 0.980 bits per heavy atom. The molecular formula is C44H36O7. The number of rotatable bonds is 14. The maximum absolute atomic E-state index is 14.4. The van der Waals surface area contributed by atoms with Gasteiger partial charge < -0.3 is 28.1 Å². The van der Waals surface area contributed by atoms with Gasteiger partial charge in [0.05, 0.1) is 7.11 Å². The van der Waals surface area contributed by atoms with E-state index in [2.05, 4.69) is 0 Å². The van der Waals surface area contributed by atoms with Gasteiger partial charge in [0, 0.05) is 17.7 Å². The van der Waals surface area contributed by atoms with Gasteiger partial charge in [0.2, 0.25) is 11.2 Å². The molecule has 0 aliphatic rings. The topological polar surface area (TPSA) is 76.4 Å². The fourth-order valence-electron chi connectivity index (χ4n) is 5.63. The van der Waals surface area contributed by atoms with E-state index in [1.165, 1.54) is 7.11 Å². The molecule has 0 aliphatic heterocycles. The Kier molecular flexibility index (Phi) is 10.3. The summed E-state index contributed by atoms with van der Waals surface area (Å²) in [6, 6.07) is 48.2. The fraction of sp³-hybridized carbons (Fsp3) is 0.114. The average Bonchev–Trinajstić information content (AvgIpc) is 3.19. The van der Waals surface area contributed by atoms with Crippen molar-refractivity contribution in [3.63, 3.8) is 0 Å². The zero-order chi connectivity index (χ0) is 34.8. The van der Waals surface area contributed by atoms with Crippen LogP contribution in [0.1, 0.15) is 22.3 Å². The molecule has 0 saturated carbocycles. The highest BCUT2D eigenvalue weighted by molar-refractivity contribution is 5.89. The molecule has 7 aromatic rings. The van der Waals surface area contributed by atoms with Crippen molar-refractivity contribution in [3.8, 4) is 40.1 Å². The highest BCUT2D eigenvalue weighted by Crippen LogP contribution is 2.40. The van der Waals surface area contributed by atoms with Crippen molar-refractivity contribution >= 4 is 11.0 Å². The van der Waals surface area contributed by atoms with E-state index in [0.717, 1.165) is 22.3 Å². The number of hydrogen-bond donors (Lipinski definition) is 0. The number of ether oxygens (including phenoxy) is 5. The van der Waals surface area contributed by atoms with Crippen molar-refractivity contribution in [3.05, 3.63) is 184 Å². The van der Waals surface area contributed by atoms with Crippen LogP contribution in [0.4, 0.5) is 0 Å². The summed E-state index contributed by atoms with van der Waals surface area (Å²) in [5, 5.41) is 0.250. The molecular weight excluding hydrogens is 640 g/mol. The molecule has 7 rings (SSSR count). The monoisotopic (exact) mass is 676 g/mol. The van der Waals surface area contributed by atoms with E-state index in [1.54, 1.807) is 12.1 Å². The van der Waals surface area contributed by atoms with Gasteiger partial charge in [0.1, 0.15) is 48.9 Å². The summed E-state index contributed by atoms with van der Waals surface area (Å²) in [5.41, 5.74) is 4.41. The summed E-state index contributed by atoms with van der Waals surface area (Å²) >= 11 is 0. The molecule has 0 bridgehead atoms. The van der Waals surface area contributed by atoms with Crippen LogP contribution in [0.15, 0.2) is 161 Å². The number of benzene rings is 6. The van der Waals surface area contributed by atoms with E-state index in [0.29, 0.717) is 54.0 Å². The molecule has 0 spiro atoms. The van der Waals surface area contributed by atoms with Crippen LogP contribution in [0.3, 0.4) is 0 Å². The first-order valence-electron chi connectivity index (χ1n) is 16.6. The van der Waals surface area contributed by atoms with Gasteiger partial charge in [0.15, 0.2) is 17.3 Å². The molecule has 254 valence electrons. The molecule has 0 atom stereocenters. The van der Waals surface area contributed by atoms with Crippen LogP contribution in [-0.2, 0) is 26.4 Å². The quantitative estimate of drug-likeness (QED) is 0.114. The normalized spacial score (nSPS) is 10.8. The molecule has 0 fully saturated rings. The number of fused-ring (bicyclic) bond motifs is 1. The summed E-state index contributed by atoms with van der Waals surface area (Å²) in [7, 11) is 1.51. The SMILES string of the molecule is COc1cc(OCc2ccccc2)cc2oc(-c3ccc(OCc4ccccc4)c(OCc4ccccc4)c3)c(OCc3ccccc3)c(=O)c12. The first kappa shape index (κ1) is 33.0. The molecule has 0 N–H and O–H groups in total. The maximum Gasteiger partial charge on any atom is 0.239 e. The zero-order valence-corrected chi connectivity index (χ0v) is 28.1. The van der Waals surface area contributed by atoms with Crippen LogP contribution in [0.2, 0.25) is 0 Å². The second kappa shape index (κ2) is 15.8. The lowest BCUT2D eigenvalue weighted by Crippen LogP contribution is -2.11. The van der Waals surface area contributed by atoms with Gasteiger partial charge in [-0.05, 0) is 40.5 Å². The minimum Gasteiger partial charge on any atom is -0.496 e. The Labute approximate surface area is 296 Å². The third-order valence-corrected chi connectivity index (χ3v) is 8.27. The number of methoxy groups -OCH3 is 1. The summed E-state index contributed by atoms with van der Waals surface area (Å²) in [4.78, 5) is 14.4. The van der Waals surface area contributed by atoms with Crippen LogP contribution < -0.4 is 29.1 Å². The Morgan fingerprint density at radius 3 is 1.51 bits per heavy atom. The van der Waals surface area contributed by atoms with E-state index in [4.69, 9.17) is 28.1 Å². The Hall–Kier alpha value is -6.47. The highest BCUT2D eigenvalue weighted by atomic mass is 16.5. The van der Waals surface area contributed by atoms with E-state index >= 15 is 0 Å². The minimum absolute atomic E-state index is 0.0505. The number of hydrogen-bond acceptors (Lipinski definition) is 7. The van der Waals surface area contributed by atoms with Crippen molar-refractivity contribution in [2.24, 2.45) is 0 Å². The fourth-order valence-corrected chi connectivity index (χ4v) is 5.63. The first-order chi connectivity index (χ1) is 25.1. The van der Waals surface area contributed by atoms with E-state index < -0.39 is 0 Å². The third kappa shape index (κ3) is 8.06. The molecule has 1 heterocycles. The molecule has 51 heavy (non-hydrogen) atoms. The van der Waals surface area contributed by atoms with Crippen LogP contribution in [-0.4, -0.2) is 7.11 Å². The molecule has 7 nitrogen and oxygen atoms in total. The first-order valence-corrected chi connectivity index (χ1v) is 16.6. The standard InChI is InChI=1S/C44H36O7/c1-46-39-25-36(47-27-31-14-6-2-7-15-31)26-40-41(39)42(45)44(50-30-34-20-12-5-13-21-34)43(51-40)35-22-23-37(48-28-32-16-8-3-9-17-32)38(24-35)49-29-33-18-10-4-11-19-33/h2-26H,27-30H2,1H3. The maximum atomic E-state index is 14.4. The van der Waals surface area contributed by atoms with E-state index in [-0.39, 0.29) is 28.9 Å². The molecule has 0 aliphatic carbocycles. The van der Waals surface area contributed by atoms with Gasteiger partial charge in [-0.2, -0.15) is 0 Å². The lowest BCUT2D eigenvalue weighted by Gasteiger charge is -2.17. The molecule has 0 amide bonds. The molecule has 7 heteroatoms. The summed E-state index contributed by atoms with van der Waals surface area (Å²) < 4.78 is 37.3.